The molecule has 2 aromatic carbocycles. The lowest BCUT2D eigenvalue weighted by atomic mass is 10.0. The summed E-state index contributed by atoms with van der Waals surface area (Å²) < 4.78 is 0. The third-order valence-electron chi connectivity index (χ3n) is 3.27. The smallest absolute Gasteiger partial charge is 0.0708 e. The van der Waals surface area contributed by atoms with Gasteiger partial charge in [-0.2, -0.15) is 0 Å². The fourth-order valence-corrected chi connectivity index (χ4v) is 2.27. The highest BCUT2D eigenvalue weighted by Gasteiger charge is 2.00. The lowest BCUT2D eigenvalue weighted by Gasteiger charge is -2.05. The Labute approximate surface area is 113 Å². The summed E-state index contributed by atoms with van der Waals surface area (Å²) in [5, 5.41) is 4.34. The molecule has 2 heteroatoms. The molecule has 0 aliphatic heterocycles. The van der Waals surface area contributed by atoms with Gasteiger partial charge in [0.25, 0.3) is 0 Å². The first-order chi connectivity index (χ1) is 9.36. The van der Waals surface area contributed by atoms with E-state index in [1.165, 1.54) is 22.1 Å². The average Bonchev–Trinajstić information content (AvgIpc) is 2.48. The van der Waals surface area contributed by atoms with Crippen molar-refractivity contribution in [2.24, 2.45) is 0 Å². The molecule has 1 aromatic heterocycles. The van der Waals surface area contributed by atoms with E-state index >= 15 is 0 Å². The Morgan fingerprint density at radius 2 is 1.74 bits per heavy atom. The molecule has 0 saturated heterocycles. The molecule has 0 saturated carbocycles. The van der Waals surface area contributed by atoms with Crippen molar-refractivity contribution in [3.8, 4) is 11.1 Å². The van der Waals surface area contributed by atoms with Gasteiger partial charge < -0.3 is 5.32 Å². The standard InChI is InChI=1S/C17H16N2/c1-18-12-13-4-6-14(7-5-13)16-9-8-15-3-2-10-19-17(15)11-16/h2-11,18H,12H2,1H3. The number of nitrogens with zero attached hydrogens (tertiary/aromatic N) is 1. The number of fused-ring (bicyclic) bond motifs is 1. The molecule has 0 spiro atoms. The Balaban J connectivity index is 1.99. The minimum absolute atomic E-state index is 0.902. The van der Waals surface area contributed by atoms with E-state index in [9.17, 15) is 0 Å². The van der Waals surface area contributed by atoms with Crippen LogP contribution in [0.2, 0.25) is 0 Å². The summed E-state index contributed by atoms with van der Waals surface area (Å²) in [5.41, 5.74) is 4.78. The van der Waals surface area contributed by atoms with Crippen LogP contribution in [-0.4, -0.2) is 12.0 Å². The van der Waals surface area contributed by atoms with Crippen molar-refractivity contribution in [1.29, 1.82) is 0 Å². The highest BCUT2D eigenvalue weighted by Crippen LogP contribution is 2.23. The molecule has 0 aliphatic rings. The second-order valence-electron chi connectivity index (χ2n) is 4.64. The molecule has 1 heterocycles. The number of aromatic nitrogens is 1. The van der Waals surface area contributed by atoms with Crippen molar-refractivity contribution in [2.45, 2.75) is 6.54 Å². The van der Waals surface area contributed by atoms with Gasteiger partial charge in [-0.05, 0) is 35.9 Å². The van der Waals surface area contributed by atoms with Crippen LogP contribution in [0.4, 0.5) is 0 Å². The predicted octanol–water partition coefficient (Wildman–Crippen LogP) is 3.62. The maximum absolute atomic E-state index is 4.40. The molecule has 0 bridgehead atoms. The van der Waals surface area contributed by atoms with Gasteiger partial charge in [-0.3, -0.25) is 4.98 Å². The number of rotatable bonds is 3. The Hall–Kier alpha value is -2.19. The van der Waals surface area contributed by atoms with Crippen molar-refractivity contribution in [2.75, 3.05) is 7.05 Å². The molecule has 0 unspecified atom stereocenters. The van der Waals surface area contributed by atoms with Gasteiger partial charge >= 0.3 is 0 Å². The van der Waals surface area contributed by atoms with Crippen molar-refractivity contribution < 1.29 is 0 Å². The van der Waals surface area contributed by atoms with Crippen LogP contribution in [0.1, 0.15) is 5.56 Å². The molecular weight excluding hydrogens is 232 g/mol. The number of nitrogens with one attached hydrogen (secondary N) is 1. The summed E-state index contributed by atoms with van der Waals surface area (Å²) in [5.74, 6) is 0. The van der Waals surface area contributed by atoms with Crippen LogP contribution in [-0.2, 0) is 6.54 Å². The number of hydrogen-bond acceptors (Lipinski definition) is 2. The third kappa shape index (κ3) is 2.49. The summed E-state index contributed by atoms with van der Waals surface area (Å²) >= 11 is 0. The largest absolute Gasteiger partial charge is 0.316 e. The molecule has 19 heavy (non-hydrogen) atoms. The fraction of sp³-hybridized carbons (Fsp3) is 0.118. The van der Waals surface area contributed by atoms with Crippen LogP contribution >= 0.6 is 0 Å². The van der Waals surface area contributed by atoms with Crippen molar-refractivity contribution >= 4 is 10.9 Å². The summed E-state index contributed by atoms with van der Waals surface area (Å²) in [7, 11) is 1.96. The Morgan fingerprint density at radius 3 is 2.53 bits per heavy atom. The quantitative estimate of drug-likeness (QED) is 0.765. The molecule has 94 valence electrons. The second kappa shape index (κ2) is 5.21. The zero-order chi connectivity index (χ0) is 13.1. The lowest BCUT2D eigenvalue weighted by molar-refractivity contribution is 0.818. The van der Waals surface area contributed by atoms with E-state index in [-0.39, 0.29) is 0 Å². The molecule has 0 amide bonds. The van der Waals surface area contributed by atoms with Crippen LogP contribution in [0.15, 0.2) is 60.8 Å². The van der Waals surface area contributed by atoms with E-state index < -0.39 is 0 Å². The average molecular weight is 248 g/mol. The first-order valence-corrected chi connectivity index (χ1v) is 6.45. The van der Waals surface area contributed by atoms with Crippen LogP contribution in [0, 0.1) is 0 Å². The summed E-state index contributed by atoms with van der Waals surface area (Å²) in [4.78, 5) is 4.40. The minimum Gasteiger partial charge on any atom is -0.316 e. The summed E-state index contributed by atoms with van der Waals surface area (Å²) in [6, 6.07) is 19.1. The van der Waals surface area contributed by atoms with Gasteiger partial charge in [0.15, 0.2) is 0 Å². The van der Waals surface area contributed by atoms with Gasteiger partial charge in [0, 0.05) is 18.1 Å². The van der Waals surface area contributed by atoms with E-state index in [4.69, 9.17) is 0 Å². The molecule has 0 fully saturated rings. The minimum atomic E-state index is 0.902. The monoisotopic (exact) mass is 248 g/mol. The molecule has 1 N–H and O–H groups in total. The molecule has 3 aromatic rings. The van der Waals surface area contributed by atoms with Crippen molar-refractivity contribution in [3.63, 3.8) is 0 Å². The zero-order valence-corrected chi connectivity index (χ0v) is 10.9. The van der Waals surface area contributed by atoms with Crippen LogP contribution in [0.3, 0.4) is 0 Å². The molecule has 0 radical (unpaired) electrons. The van der Waals surface area contributed by atoms with Crippen molar-refractivity contribution in [1.82, 2.24) is 10.3 Å². The van der Waals surface area contributed by atoms with Gasteiger partial charge in [-0.1, -0.05) is 42.5 Å². The first-order valence-electron chi connectivity index (χ1n) is 6.45. The topological polar surface area (TPSA) is 24.9 Å². The Kier molecular flexibility index (Phi) is 3.25. The maximum atomic E-state index is 4.40. The normalized spacial score (nSPS) is 10.8. The molecule has 0 aliphatic carbocycles. The van der Waals surface area contributed by atoms with E-state index in [2.05, 4.69) is 58.8 Å². The first kappa shape index (κ1) is 11.9. The summed E-state index contributed by atoms with van der Waals surface area (Å²) in [6.45, 7) is 0.902. The number of benzene rings is 2. The van der Waals surface area contributed by atoms with Gasteiger partial charge in [-0.25, -0.2) is 0 Å². The van der Waals surface area contributed by atoms with Gasteiger partial charge in [0.1, 0.15) is 0 Å². The fourth-order valence-electron chi connectivity index (χ4n) is 2.27. The Morgan fingerprint density at radius 1 is 0.947 bits per heavy atom. The Bertz CT molecular complexity index is 687. The molecule has 3 rings (SSSR count). The third-order valence-corrected chi connectivity index (χ3v) is 3.27. The van der Waals surface area contributed by atoms with E-state index in [1.54, 1.807) is 0 Å². The molecular formula is C17H16N2. The van der Waals surface area contributed by atoms with Crippen LogP contribution < -0.4 is 5.32 Å². The maximum Gasteiger partial charge on any atom is 0.0708 e. The molecule has 2 nitrogen and oxygen atoms in total. The highest BCUT2D eigenvalue weighted by molar-refractivity contribution is 5.84. The number of hydrogen-bond donors (Lipinski definition) is 1. The lowest BCUT2D eigenvalue weighted by Crippen LogP contribution is -2.04. The van der Waals surface area contributed by atoms with Crippen LogP contribution in [0.25, 0.3) is 22.0 Å². The highest BCUT2D eigenvalue weighted by atomic mass is 14.8. The zero-order valence-electron chi connectivity index (χ0n) is 10.9. The van der Waals surface area contributed by atoms with E-state index in [0.29, 0.717) is 0 Å². The SMILES string of the molecule is CNCc1ccc(-c2ccc3cccnc3c2)cc1. The second-order valence-corrected chi connectivity index (χ2v) is 4.64. The predicted molar refractivity (Wildman–Crippen MR) is 79.9 cm³/mol. The van der Waals surface area contributed by atoms with Crippen molar-refractivity contribution in [3.05, 3.63) is 66.4 Å². The molecule has 0 atom stereocenters. The van der Waals surface area contributed by atoms with Gasteiger partial charge in [0.05, 0.1) is 5.52 Å². The number of pyridine rings is 1. The van der Waals surface area contributed by atoms with E-state index in [0.717, 1.165) is 12.1 Å². The van der Waals surface area contributed by atoms with Crippen LogP contribution in [0.5, 0.6) is 0 Å². The van der Waals surface area contributed by atoms with Gasteiger partial charge in [-0.15, -0.1) is 0 Å². The van der Waals surface area contributed by atoms with Gasteiger partial charge in [0.2, 0.25) is 0 Å². The van der Waals surface area contributed by atoms with E-state index in [1.807, 2.05) is 19.3 Å². The summed E-state index contributed by atoms with van der Waals surface area (Å²) in [6.07, 6.45) is 1.84.